The number of epoxide rings is 1. The lowest BCUT2D eigenvalue weighted by molar-refractivity contribution is 0.311. The molecule has 148 valence electrons. The fraction of sp³-hybridized carbons (Fsp3) is 1.00. The summed E-state index contributed by atoms with van der Waals surface area (Å²) in [5.41, 5.74) is 0. The van der Waals surface area contributed by atoms with Crippen LogP contribution in [0, 0.1) is 5.92 Å². The Kier molecular flexibility index (Phi) is 6.88. The van der Waals surface area contributed by atoms with Crippen molar-refractivity contribution in [2.24, 2.45) is 5.92 Å². The van der Waals surface area contributed by atoms with Crippen LogP contribution in [0.4, 0.5) is 0 Å². The van der Waals surface area contributed by atoms with E-state index < -0.39 is 33.3 Å². The maximum absolute atomic E-state index is 6.80. The first-order chi connectivity index (χ1) is 11.2. The molecule has 9 heteroatoms. The van der Waals surface area contributed by atoms with E-state index in [1.807, 2.05) is 0 Å². The monoisotopic (exact) mass is 436 g/mol. The summed E-state index contributed by atoms with van der Waals surface area (Å²) in [6.45, 7) is 18.2. The molecule has 4 unspecified atom stereocenters. The lowest BCUT2D eigenvalue weighted by Gasteiger charge is -2.42. The van der Waals surface area contributed by atoms with Gasteiger partial charge < -0.3 is 17.1 Å². The third-order valence-corrected chi connectivity index (χ3v) is 20.0. The minimum atomic E-state index is -2.20. The first kappa shape index (κ1) is 22.2. The molecule has 2 rings (SSSR count). The molecule has 0 aromatic rings. The molecule has 4 atom stereocenters. The van der Waals surface area contributed by atoms with E-state index in [0.717, 1.165) is 21.7 Å². The second-order valence-corrected chi connectivity index (χ2v) is 34.2. The molecule has 0 N–H and O–H groups in total. The van der Waals surface area contributed by atoms with Gasteiger partial charge in [0.25, 0.3) is 0 Å². The Hall–Kier alpha value is 0.924. The van der Waals surface area contributed by atoms with Crippen LogP contribution < -0.4 is 0 Å². The van der Waals surface area contributed by atoms with E-state index in [1.54, 1.807) is 0 Å². The molecule has 0 spiro atoms. The maximum Gasteiger partial charge on any atom is 0.315 e. The molecule has 1 aliphatic carbocycles. The highest BCUT2D eigenvalue weighted by Crippen LogP contribution is 2.42. The zero-order chi connectivity index (χ0) is 19.1. The van der Waals surface area contributed by atoms with Crippen LogP contribution in [0.5, 0.6) is 0 Å². The zero-order valence-electron chi connectivity index (χ0n) is 17.9. The van der Waals surface area contributed by atoms with Gasteiger partial charge in [0.05, 0.1) is 12.2 Å². The normalized spacial score (nSPS) is 30.0. The average Bonchev–Trinajstić information content (AvgIpc) is 3.08. The van der Waals surface area contributed by atoms with Gasteiger partial charge in [-0.1, -0.05) is 0 Å². The highest BCUT2D eigenvalue weighted by molar-refractivity contribution is 7.14. The molecule has 1 aliphatic heterocycles. The second kappa shape index (κ2) is 7.74. The van der Waals surface area contributed by atoms with Gasteiger partial charge in [0.15, 0.2) is 16.2 Å². The Labute approximate surface area is 162 Å². The summed E-state index contributed by atoms with van der Waals surface area (Å²) >= 11 is 0. The standard InChI is InChI=1S/C16H40O4Si5/c1-22(2,3)18-23(4,5)19-25(8,20-24(6,7)21)12-11-14-9-10-15-16(13-14)17-15/h14-16H,9-13H2,1-8,21H3. The summed E-state index contributed by atoms with van der Waals surface area (Å²) in [6.07, 6.45) is 6.23. The lowest BCUT2D eigenvalue weighted by atomic mass is 9.88. The number of rotatable bonds is 9. The summed E-state index contributed by atoms with van der Waals surface area (Å²) in [5.74, 6) is 0.796. The van der Waals surface area contributed by atoms with Gasteiger partial charge in [-0.05, 0) is 90.0 Å². The molecule has 1 saturated heterocycles. The smallest absolute Gasteiger partial charge is 0.315 e. The summed E-state index contributed by atoms with van der Waals surface area (Å²) in [5, 5.41) is 0. The van der Waals surface area contributed by atoms with Gasteiger partial charge in [-0.15, -0.1) is 0 Å². The van der Waals surface area contributed by atoms with Crippen LogP contribution in [0.2, 0.25) is 58.4 Å². The summed E-state index contributed by atoms with van der Waals surface area (Å²) in [7, 11) is -6.32. The van der Waals surface area contributed by atoms with Crippen molar-refractivity contribution in [3.63, 3.8) is 0 Å². The summed E-state index contributed by atoms with van der Waals surface area (Å²) < 4.78 is 25.7. The van der Waals surface area contributed by atoms with Crippen LogP contribution in [0.1, 0.15) is 25.7 Å². The predicted octanol–water partition coefficient (Wildman–Crippen LogP) is 3.67. The molecule has 0 aromatic carbocycles. The van der Waals surface area contributed by atoms with E-state index in [0.29, 0.717) is 12.2 Å². The van der Waals surface area contributed by atoms with Crippen molar-refractivity contribution in [2.75, 3.05) is 0 Å². The average molecular weight is 437 g/mol. The van der Waals surface area contributed by atoms with Crippen molar-refractivity contribution in [3.05, 3.63) is 0 Å². The molecule has 1 heterocycles. The van der Waals surface area contributed by atoms with Gasteiger partial charge in [-0.3, -0.25) is 0 Å². The van der Waals surface area contributed by atoms with E-state index in [2.05, 4.69) is 52.4 Å². The van der Waals surface area contributed by atoms with Crippen molar-refractivity contribution in [2.45, 2.75) is 96.3 Å². The largest absolute Gasteiger partial charge is 0.440 e. The number of fused-ring (bicyclic) bond motifs is 1. The molecule has 25 heavy (non-hydrogen) atoms. The third kappa shape index (κ3) is 8.22. The lowest BCUT2D eigenvalue weighted by Crippen LogP contribution is -2.57. The molecule has 1 saturated carbocycles. The van der Waals surface area contributed by atoms with Crippen molar-refractivity contribution >= 4 is 43.0 Å². The molecule has 0 radical (unpaired) electrons. The first-order valence-electron chi connectivity index (χ1n) is 9.92. The van der Waals surface area contributed by atoms with E-state index >= 15 is 0 Å². The van der Waals surface area contributed by atoms with Crippen LogP contribution in [0.25, 0.3) is 0 Å². The van der Waals surface area contributed by atoms with E-state index in [4.69, 9.17) is 17.1 Å². The number of hydrogen-bond acceptors (Lipinski definition) is 4. The predicted molar refractivity (Wildman–Crippen MR) is 119 cm³/mol. The molecule has 2 aliphatic rings. The quantitative estimate of drug-likeness (QED) is 0.408. The van der Waals surface area contributed by atoms with Crippen molar-refractivity contribution < 1.29 is 17.1 Å². The fourth-order valence-electron chi connectivity index (χ4n) is 4.26. The Morgan fingerprint density at radius 3 is 2.04 bits per heavy atom. The molecule has 0 bridgehead atoms. The molecule has 2 fully saturated rings. The fourth-order valence-corrected chi connectivity index (χ4v) is 26.2. The van der Waals surface area contributed by atoms with Gasteiger partial charge in [0, 0.05) is 9.76 Å². The molecule has 0 aromatic heterocycles. The molecular formula is C16H40O4Si5. The van der Waals surface area contributed by atoms with Crippen LogP contribution in [-0.2, 0) is 17.1 Å². The molecule has 4 nitrogen and oxygen atoms in total. The summed E-state index contributed by atoms with van der Waals surface area (Å²) in [6, 6.07) is 1.11. The topological polar surface area (TPSA) is 40.2 Å². The van der Waals surface area contributed by atoms with Gasteiger partial charge in [0.1, 0.15) is 0 Å². The summed E-state index contributed by atoms with van der Waals surface area (Å²) in [4.78, 5) is 0. The number of hydrogen-bond donors (Lipinski definition) is 0. The van der Waals surface area contributed by atoms with E-state index in [1.165, 1.54) is 25.7 Å². The highest BCUT2D eigenvalue weighted by Gasteiger charge is 2.47. The zero-order valence-corrected chi connectivity index (χ0v) is 23.9. The highest BCUT2D eigenvalue weighted by atomic mass is 29.2. The van der Waals surface area contributed by atoms with Gasteiger partial charge >= 0.3 is 17.1 Å². The third-order valence-electron chi connectivity index (χ3n) is 4.66. The van der Waals surface area contributed by atoms with Crippen molar-refractivity contribution in [3.8, 4) is 0 Å². The number of ether oxygens (including phenoxy) is 1. The minimum Gasteiger partial charge on any atom is -0.440 e. The van der Waals surface area contributed by atoms with Gasteiger partial charge in [-0.25, -0.2) is 0 Å². The van der Waals surface area contributed by atoms with E-state index in [-0.39, 0.29) is 0 Å². The van der Waals surface area contributed by atoms with Crippen LogP contribution in [0.15, 0.2) is 0 Å². The van der Waals surface area contributed by atoms with Crippen LogP contribution >= 0.6 is 0 Å². The van der Waals surface area contributed by atoms with Gasteiger partial charge in [-0.2, -0.15) is 0 Å². The van der Waals surface area contributed by atoms with Crippen LogP contribution in [-0.4, -0.2) is 55.2 Å². The second-order valence-electron chi connectivity index (χ2n) is 10.5. The first-order valence-corrected chi connectivity index (χ1v) is 25.1. The minimum absolute atomic E-state index is 0.568. The Balaban J connectivity index is 1.99. The maximum atomic E-state index is 6.80. The Bertz CT molecular complexity index is 462. The molecule has 0 amide bonds. The van der Waals surface area contributed by atoms with E-state index in [9.17, 15) is 0 Å². The van der Waals surface area contributed by atoms with Gasteiger partial charge in [0.2, 0.25) is 0 Å². The van der Waals surface area contributed by atoms with Crippen molar-refractivity contribution in [1.82, 2.24) is 0 Å². The van der Waals surface area contributed by atoms with Crippen molar-refractivity contribution in [1.29, 1.82) is 0 Å². The SMILES string of the molecule is C[Si](C)(C)O[Si](C)(C)O[Si](C)(CCC1CCC2OC2C1)O[Si](C)(C)[SiH3]. The molecular weight excluding hydrogens is 397 g/mol. The Morgan fingerprint density at radius 2 is 1.52 bits per heavy atom. The Morgan fingerprint density at radius 1 is 0.880 bits per heavy atom. The van der Waals surface area contributed by atoms with Crippen LogP contribution in [0.3, 0.4) is 0 Å².